The van der Waals surface area contributed by atoms with Crippen LogP contribution in [0, 0.1) is 6.92 Å². The van der Waals surface area contributed by atoms with Crippen molar-refractivity contribution in [3.8, 4) is 5.75 Å². The first-order chi connectivity index (χ1) is 10.1. The Bertz CT molecular complexity index is 611. The number of amides is 1. The van der Waals surface area contributed by atoms with Crippen molar-refractivity contribution in [3.05, 3.63) is 47.8 Å². The van der Waals surface area contributed by atoms with Crippen LogP contribution in [0.15, 0.2) is 36.5 Å². The largest absolute Gasteiger partial charge is 0.497 e. The Morgan fingerprint density at radius 2 is 2.00 bits per heavy atom. The van der Waals surface area contributed by atoms with E-state index in [1.807, 2.05) is 38.1 Å². The van der Waals surface area contributed by atoms with E-state index >= 15 is 0 Å². The second-order valence-corrected chi connectivity index (χ2v) is 4.95. The van der Waals surface area contributed by atoms with Crippen molar-refractivity contribution < 1.29 is 9.53 Å². The van der Waals surface area contributed by atoms with Crippen molar-refractivity contribution in [3.63, 3.8) is 0 Å². The monoisotopic (exact) mass is 285 g/mol. The van der Waals surface area contributed by atoms with Gasteiger partial charge in [0.2, 0.25) is 11.9 Å². The number of nitrogens with one attached hydrogen (secondary N) is 1. The summed E-state index contributed by atoms with van der Waals surface area (Å²) >= 11 is 0. The number of anilines is 1. The van der Waals surface area contributed by atoms with Gasteiger partial charge in [-0.25, -0.2) is 9.97 Å². The van der Waals surface area contributed by atoms with Gasteiger partial charge in [-0.15, -0.1) is 0 Å². The number of nitrogens with zero attached hydrogens (tertiary/aromatic N) is 2. The number of methoxy groups -OCH3 is 1. The molecule has 1 aromatic heterocycles. The van der Waals surface area contributed by atoms with Crippen LogP contribution in [0.5, 0.6) is 5.75 Å². The molecule has 1 N–H and O–H groups in total. The Morgan fingerprint density at radius 1 is 1.29 bits per heavy atom. The van der Waals surface area contributed by atoms with E-state index in [0.29, 0.717) is 12.4 Å². The number of benzene rings is 1. The lowest BCUT2D eigenvalue weighted by atomic mass is 9.97. The molecule has 1 unspecified atom stereocenters. The number of carbonyl (C=O) groups is 1. The second kappa shape index (κ2) is 6.83. The third-order valence-corrected chi connectivity index (χ3v) is 3.22. The van der Waals surface area contributed by atoms with E-state index < -0.39 is 0 Å². The average molecular weight is 285 g/mol. The van der Waals surface area contributed by atoms with Gasteiger partial charge in [0.1, 0.15) is 5.75 Å². The first-order valence-electron chi connectivity index (χ1n) is 6.82. The van der Waals surface area contributed by atoms with Crippen LogP contribution in [0.4, 0.5) is 5.95 Å². The smallest absolute Gasteiger partial charge is 0.229 e. The number of hydrogen-bond acceptors (Lipinski definition) is 4. The lowest BCUT2D eigenvalue weighted by Crippen LogP contribution is -2.16. The van der Waals surface area contributed by atoms with Gasteiger partial charge in [0.15, 0.2) is 0 Å². The van der Waals surface area contributed by atoms with Crippen LogP contribution in [0.3, 0.4) is 0 Å². The van der Waals surface area contributed by atoms with Gasteiger partial charge in [0.05, 0.1) is 7.11 Å². The molecule has 2 aromatic rings. The molecule has 1 heterocycles. The summed E-state index contributed by atoms with van der Waals surface area (Å²) in [6, 6.07) is 9.52. The van der Waals surface area contributed by atoms with Gasteiger partial charge >= 0.3 is 0 Å². The number of ether oxygens (including phenoxy) is 1. The maximum atomic E-state index is 12.0. The molecule has 0 radical (unpaired) electrons. The van der Waals surface area contributed by atoms with Crippen molar-refractivity contribution in [2.75, 3.05) is 12.4 Å². The highest BCUT2D eigenvalue weighted by Gasteiger charge is 2.12. The number of carbonyl (C=O) groups excluding carboxylic acids is 1. The zero-order valence-corrected chi connectivity index (χ0v) is 12.5. The van der Waals surface area contributed by atoms with E-state index in [0.717, 1.165) is 17.0 Å². The Hall–Kier alpha value is -2.43. The zero-order valence-electron chi connectivity index (χ0n) is 12.5. The summed E-state index contributed by atoms with van der Waals surface area (Å²) in [5, 5.41) is 2.72. The van der Waals surface area contributed by atoms with E-state index in [4.69, 9.17) is 4.74 Å². The minimum Gasteiger partial charge on any atom is -0.497 e. The van der Waals surface area contributed by atoms with Crippen LogP contribution in [0.1, 0.15) is 30.5 Å². The van der Waals surface area contributed by atoms with E-state index in [1.165, 1.54) is 0 Å². The van der Waals surface area contributed by atoms with Gasteiger partial charge in [0, 0.05) is 18.3 Å². The molecule has 0 aliphatic rings. The first kappa shape index (κ1) is 15.0. The maximum Gasteiger partial charge on any atom is 0.229 e. The summed E-state index contributed by atoms with van der Waals surface area (Å²) in [6.45, 7) is 3.87. The van der Waals surface area contributed by atoms with Gasteiger partial charge in [-0.3, -0.25) is 10.1 Å². The molecule has 0 aliphatic heterocycles. The van der Waals surface area contributed by atoms with Gasteiger partial charge in [-0.2, -0.15) is 0 Å². The minimum absolute atomic E-state index is 0.0936. The van der Waals surface area contributed by atoms with Crippen LogP contribution in [0.25, 0.3) is 0 Å². The van der Waals surface area contributed by atoms with Gasteiger partial charge in [0.25, 0.3) is 0 Å². The molecule has 0 bridgehead atoms. The SMILES string of the molecule is COc1ccc(C(C)CC(=O)Nc2nccc(C)n2)cc1. The van der Waals surface area contributed by atoms with Gasteiger partial charge in [-0.1, -0.05) is 19.1 Å². The lowest BCUT2D eigenvalue weighted by Gasteiger charge is -2.12. The summed E-state index contributed by atoms with van der Waals surface area (Å²) in [5.41, 5.74) is 1.92. The van der Waals surface area contributed by atoms with E-state index in [1.54, 1.807) is 19.4 Å². The highest BCUT2D eigenvalue weighted by molar-refractivity contribution is 5.89. The molecule has 0 spiro atoms. The standard InChI is InChI=1S/C16H19N3O2/c1-11(13-4-6-14(21-3)7-5-13)10-15(20)19-16-17-9-8-12(2)18-16/h4-9,11H,10H2,1-3H3,(H,17,18,19,20). The summed E-state index contributed by atoms with van der Waals surface area (Å²) in [6.07, 6.45) is 2.01. The number of rotatable bonds is 5. The van der Waals surface area contributed by atoms with Crippen LogP contribution < -0.4 is 10.1 Å². The highest BCUT2D eigenvalue weighted by Crippen LogP contribution is 2.22. The Morgan fingerprint density at radius 3 is 2.62 bits per heavy atom. The summed E-state index contributed by atoms with van der Waals surface area (Å²) in [5.74, 6) is 1.18. The van der Waals surface area contributed by atoms with E-state index in [-0.39, 0.29) is 11.8 Å². The summed E-state index contributed by atoms with van der Waals surface area (Å²) < 4.78 is 5.12. The second-order valence-electron chi connectivity index (χ2n) is 4.95. The predicted octanol–water partition coefficient (Wildman–Crippen LogP) is 2.93. The zero-order chi connectivity index (χ0) is 15.2. The third kappa shape index (κ3) is 4.27. The Balaban J connectivity index is 1.95. The third-order valence-electron chi connectivity index (χ3n) is 3.22. The predicted molar refractivity (Wildman–Crippen MR) is 81.4 cm³/mol. The average Bonchev–Trinajstić information content (AvgIpc) is 2.47. The molecular weight excluding hydrogens is 266 g/mol. The van der Waals surface area contributed by atoms with Crippen molar-refractivity contribution in [1.82, 2.24) is 9.97 Å². The minimum atomic E-state index is -0.0936. The fourth-order valence-corrected chi connectivity index (χ4v) is 2.01. The fraction of sp³-hybridized carbons (Fsp3) is 0.312. The molecule has 1 amide bonds. The number of aromatic nitrogens is 2. The molecule has 5 nitrogen and oxygen atoms in total. The Kier molecular flexibility index (Phi) is 4.87. The van der Waals surface area contributed by atoms with Crippen LogP contribution in [-0.2, 0) is 4.79 Å². The van der Waals surface area contributed by atoms with Crippen LogP contribution in [-0.4, -0.2) is 23.0 Å². The molecule has 0 saturated carbocycles. The number of hydrogen-bond donors (Lipinski definition) is 1. The van der Waals surface area contributed by atoms with Crippen molar-refractivity contribution in [1.29, 1.82) is 0 Å². The maximum absolute atomic E-state index is 12.0. The van der Waals surface area contributed by atoms with Crippen molar-refractivity contribution in [2.24, 2.45) is 0 Å². The molecule has 0 aliphatic carbocycles. The molecular formula is C16H19N3O2. The molecule has 5 heteroatoms. The molecule has 0 fully saturated rings. The van der Waals surface area contributed by atoms with Gasteiger partial charge < -0.3 is 4.74 Å². The van der Waals surface area contributed by atoms with Crippen LogP contribution >= 0.6 is 0 Å². The van der Waals surface area contributed by atoms with Crippen LogP contribution in [0.2, 0.25) is 0 Å². The first-order valence-corrected chi connectivity index (χ1v) is 6.82. The molecule has 21 heavy (non-hydrogen) atoms. The van der Waals surface area contributed by atoms with Gasteiger partial charge in [-0.05, 0) is 36.6 Å². The van der Waals surface area contributed by atoms with E-state index in [2.05, 4.69) is 15.3 Å². The fourth-order valence-electron chi connectivity index (χ4n) is 2.01. The quantitative estimate of drug-likeness (QED) is 0.917. The molecule has 1 aromatic carbocycles. The molecule has 2 rings (SSSR count). The summed E-state index contributed by atoms with van der Waals surface area (Å²) in [7, 11) is 1.63. The Labute approximate surface area is 124 Å². The normalized spacial score (nSPS) is 11.8. The highest BCUT2D eigenvalue weighted by atomic mass is 16.5. The number of aryl methyl sites for hydroxylation is 1. The molecule has 0 saturated heterocycles. The summed E-state index contributed by atoms with van der Waals surface area (Å²) in [4.78, 5) is 20.2. The topological polar surface area (TPSA) is 64.1 Å². The lowest BCUT2D eigenvalue weighted by molar-refractivity contribution is -0.116. The molecule has 1 atom stereocenters. The van der Waals surface area contributed by atoms with Crippen molar-refractivity contribution in [2.45, 2.75) is 26.2 Å². The van der Waals surface area contributed by atoms with Crippen molar-refractivity contribution >= 4 is 11.9 Å². The molecule has 110 valence electrons. The van der Waals surface area contributed by atoms with E-state index in [9.17, 15) is 4.79 Å².